The van der Waals surface area contributed by atoms with Crippen LogP contribution in [0.3, 0.4) is 0 Å². The molecule has 0 aliphatic carbocycles. The van der Waals surface area contributed by atoms with Crippen molar-refractivity contribution in [3.63, 3.8) is 0 Å². The fraction of sp³-hybridized carbons (Fsp3) is 0.321. The number of carbonyl (C=O) groups excluding carboxylic acids is 1. The van der Waals surface area contributed by atoms with Crippen molar-refractivity contribution in [1.29, 1.82) is 0 Å². The molecule has 1 amide bonds. The number of aromatic nitrogens is 4. The van der Waals surface area contributed by atoms with Crippen molar-refractivity contribution in [3.8, 4) is 11.4 Å². The summed E-state index contributed by atoms with van der Waals surface area (Å²) in [7, 11) is 0. The molecule has 2 aromatic heterocycles. The molecule has 0 saturated carbocycles. The average molecular weight is 484 g/mol. The maximum Gasteiger partial charge on any atom is 0.333 e. The smallest absolute Gasteiger partial charge is 0.333 e. The Morgan fingerprint density at radius 2 is 1.61 bits per heavy atom. The van der Waals surface area contributed by atoms with E-state index in [0.29, 0.717) is 31.4 Å². The Balaban J connectivity index is 1.36. The Kier molecular flexibility index (Phi) is 6.75. The average Bonchev–Trinajstić information content (AvgIpc) is 2.92. The number of piperidine rings is 1. The quantitative estimate of drug-likeness (QED) is 0.420. The van der Waals surface area contributed by atoms with Crippen LogP contribution < -0.4 is 11.2 Å². The Morgan fingerprint density at radius 1 is 0.944 bits per heavy atom. The summed E-state index contributed by atoms with van der Waals surface area (Å²) in [6.07, 6.45) is 4.26. The van der Waals surface area contributed by atoms with Gasteiger partial charge in [0.25, 0.3) is 5.56 Å². The zero-order valence-electron chi connectivity index (χ0n) is 20.3. The van der Waals surface area contributed by atoms with E-state index in [2.05, 4.69) is 22.1 Å². The van der Waals surface area contributed by atoms with Gasteiger partial charge < -0.3 is 4.90 Å². The third kappa shape index (κ3) is 4.71. The van der Waals surface area contributed by atoms with E-state index < -0.39 is 11.2 Å². The molecular formula is C28H29N5O3. The molecule has 0 radical (unpaired) electrons. The van der Waals surface area contributed by atoms with Gasteiger partial charge in [0.2, 0.25) is 5.91 Å². The van der Waals surface area contributed by atoms with Crippen molar-refractivity contribution < 1.29 is 4.79 Å². The zero-order valence-corrected chi connectivity index (χ0v) is 20.3. The lowest BCUT2D eigenvalue weighted by Gasteiger charge is -2.32. The van der Waals surface area contributed by atoms with Crippen LogP contribution in [0.25, 0.3) is 22.4 Å². The highest BCUT2D eigenvalue weighted by atomic mass is 16.2. The van der Waals surface area contributed by atoms with E-state index >= 15 is 0 Å². The zero-order chi connectivity index (χ0) is 25.1. The van der Waals surface area contributed by atoms with Gasteiger partial charge in [0, 0.05) is 31.4 Å². The minimum absolute atomic E-state index is 0.212. The molecule has 36 heavy (non-hydrogen) atoms. The molecule has 2 aromatic carbocycles. The van der Waals surface area contributed by atoms with Gasteiger partial charge in [-0.25, -0.2) is 14.8 Å². The van der Waals surface area contributed by atoms with Crippen LogP contribution in [0, 0.1) is 5.92 Å². The van der Waals surface area contributed by atoms with Crippen molar-refractivity contribution in [2.45, 2.75) is 39.3 Å². The van der Waals surface area contributed by atoms with Gasteiger partial charge in [-0.1, -0.05) is 60.7 Å². The predicted octanol–water partition coefficient (Wildman–Crippen LogP) is 3.12. The summed E-state index contributed by atoms with van der Waals surface area (Å²) in [4.78, 5) is 50.2. The molecule has 8 heteroatoms. The third-order valence-electron chi connectivity index (χ3n) is 6.94. The molecule has 0 unspecified atom stereocenters. The lowest BCUT2D eigenvalue weighted by molar-refractivity contribution is -0.133. The molecule has 4 aromatic rings. The molecule has 5 rings (SSSR count). The van der Waals surface area contributed by atoms with E-state index in [0.717, 1.165) is 29.4 Å². The molecule has 184 valence electrons. The largest absolute Gasteiger partial charge is 0.341 e. The van der Waals surface area contributed by atoms with Crippen LogP contribution in [-0.4, -0.2) is 43.0 Å². The summed E-state index contributed by atoms with van der Waals surface area (Å²) in [5, 5.41) is 0.227. The third-order valence-corrected chi connectivity index (χ3v) is 6.94. The van der Waals surface area contributed by atoms with Crippen LogP contribution in [0.4, 0.5) is 0 Å². The first-order valence-corrected chi connectivity index (χ1v) is 12.4. The fourth-order valence-corrected chi connectivity index (χ4v) is 4.92. The Hall–Kier alpha value is -4.07. The minimum atomic E-state index is -0.536. The van der Waals surface area contributed by atoms with E-state index in [4.69, 9.17) is 0 Å². The van der Waals surface area contributed by atoms with E-state index in [9.17, 15) is 14.4 Å². The standard InChI is InChI=1S/C28H29N5O3/c1-2-32-26-23(18-29-25(30-26)22-11-7-4-8-12-22)27(35)33(28(32)36)19-24(34)31-15-13-21(14-16-31)17-20-9-5-3-6-10-20/h3-12,18,21H,2,13-17,19H2,1H3. The summed E-state index contributed by atoms with van der Waals surface area (Å²) in [6.45, 7) is 3.12. The predicted molar refractivity (Wildman–Crippen MR) is 139 cm³/mol. The Labute approximate surface area is 208 Å². The summed E-state index contributed by atoms with van der Waals surface area (Å²) in [5.41, 5.74) is 1.32. The highest BCUT2D eigenvalue weighted by molar-refractivity contribution is 5.78. The number of benzene rings is 2. The van der Waals surface area contributed by atoms with Gasteiger partial charge in [0.15, 0.2) is 11.5 Å². The molecule has 8 nitrogen and oxygen atoms in total. The second kappa shape index (κ2) is 10.3. The first-order chi connectivity index (χ1) is 17.5. The SMILES string of the molecule is CCn1c(=O)n(CC(=O)N2CCC(Cc3ccccc3)CC2)c(=O)c2cnc(-c3ccccc3)nc21. The monoisotopic (exact) mass is 483 g/mol. The number of rotatable bonds is 6. The van der Waals surface area contributed by atoms with Gasteiger partial charge in [-0.3, -0.25) is 18.7 Å². The Bertz CT molecular complexity index is 1490. The number of aryl methyl sites for hydroxylation is 1. The first-order valence-electron chi connectivity index (χ1n) is 12.4. The molecule has 1 aliphatic rings. The molecule has 0 spiro atoms. The number of hydrogen-bond donors (Lipinski definition) is 0. The van der Waals surface area contributed by atoms with Crippen LogP contribution in [0.2, 0.25) is 0 Å². The molecule has 3 heterocycles. The molecule has 1 saturated heterocycles. The molecule has 0 bridgehead atoms. The van der Waals surface area contributed by atoms with E-state index in [-0.39, 0.29) is 23.5 Å². The lowest BCUT2D eigenvalue weighted by Crippen LogP contribution is -2.46. The summed E-state index contributed by atoms with van der Waals surface area (Å²) < 4.78 is 2.46. The topological polar surface area (TPSA) is 90.1 Å². The number of fused-ring (bicyclic) bond motifs is 1. The van der Waals surface area contributed by atoms with E-state index in [1.165, 1.54) is 16.3 Å². The second-order valence-corrected chi connectivity index (χ2v) is 9.23. The first kappa shape index (κ1) is 23.7. The molecule has 0 N–H and O–H groups in total. The van der Waals surface area contributed by atoms with Gasteiger partial charge in [0.1, 0.15) is 11.9 Å². The molecule has 1 fully saturated rings. The number of carbonyl (C=O) groups is 1. The van der Waals surface area contributed by atoms with Gasteiger partial charge in [-0.2, -0.15) is 0 Å². The molecular weight excluding hydrogens is 454 g/mol. The summed E-state index contributed by atoms with van der Waals surface area (Å²) in [5.74, 6) is 0.751. The van der Waals surface area contributed by atoms with E-state index in [1.54, 1.807) is 4.90 Å². The molecule has 0 atom stereocenters. The highest BCUT2D eigenvalue weighted by Gasteiger charge is 2.25. The minimum Gasteiger partial charge on any atom is -0.341 e. The maximum absolute atomic E-state index is 13.3. The summed E-state index contributed by atoms with van der Waals surface area (Å²) >= 11 is 0. The summed E-state index contributed by atoms with van der Waals surface area (Å²) in [6, 6.07) is 19.8. The van der Waals surface area contributed by atoms with E-state index in [1.807, 2.05) is 55.5 Å². The molecule has 1 aliphatic heterocycles. The number of hydrogen-bond acceptors (Lipinski definition) is 5. The van der Waals surface area contributed by atoms with Crippen LogP contribution in [0.15, 0.2) is 76.4 Å². The van der Waals surface area contributed by atoms with Crippen LogP contribution in [-0.2, 0) is 24.3 Å². The highest BCUT2D eigenvalue weighted by Crippen LogP contribution is 2.22. The van der Waals surface area contributed by atoms with Gasteiger partial charge in [-0.15, -0.1) is 0 Å². The Morgan fingerprint density at radius 3 is 2.28 bits per heavy atom. The number of likely N-dealkylation sites (tertiary alicyclic amines) is 1. The van der Waals surface area contributed by atoms with Crippen molar-refractivity contribution in [1.82, 2.24) is 24.0 Å². The van der Waals surface area contributed by atoms with Gasteiger partial charge in [-0.05, 0) is 37.7 Å². The maximum atomic E-state index is 13.3. The van der Waals surface area contributed by atoms with Gasteiger partial charge >= 0.3 is 5.69 Å². The second-order valence-electron chi connectivity index (χ2n) is 9.23. The van der Waals surface area contributed by atoms with Crippen LogP contribution in [0.1, 0.15) is 25.3 Å². The van der Waals surface area contributed by atoms with Crippen molar-refractivity contribution >= 4 is 16.9 Å². The van der Waals surface area contributed by atoms with Crippen molar-refractivity contribution in [3.05, 3.63) is 93.3 Å². The normalized spacial score (nSPS) is 14.3. The van der Waals surface area contributed by atoms with Crippen molar-refractivity contribution in [2.75, 3.05) is 13.1 Å². The lowest BCUT2D eigenvalue weighted by atomic mass is 9.90. The number of nitrogens with zero attached hydrogens (tertiary/aromatic N) is 5. The fourth-order valence-electron chi connectivity index (χ4n) is 4.92. The van der Waals surface area contributed by atoms with Gasteiger partial charge in [0.05, 0.1) is 0 Å². The number of amides is 1. The van der Waals surface area contributed by atoms with Crippen molar-refractivity contribution in [2.24, 2.45) is 5.92 Å². The van der Waals surface area contributed by atoms with Crippen LogP contribution >= 0.6 is 0 Å². The van der Waals surface area contributed by atoms with Crippen LogP contribution in [0.5, 0.6) is 0 Å².